The zero-order valence-electron chi connectivity index (χ0n) is 20.4. The molecule has 0 saturated carbocycles. The summed E-state index contributed by atoms with van der Waals surface area (Å²) < 4.78 is 32.7. The second-order valence-electron chi connectivity index (χ2n) is 8.01. The normalized spacial score (nSPS) is 20.4. The standard InChI is InChI=1S/C25H30N2O9/c1-16-13-19(36-18-7-5-4-6-8-18)14-32-12-10-20(25(30)35-16)27-24(29)22-23(34-15-33-17(2)28)21(31-3)9-11-26-22/h4-9,11,16,19-20H,10,12-15H2,1-3H3,(H,27,29)/t16?,19?,20-/m0/s1. The van der Waals surface area contributed by atoms with Gasteiger partial charge < -0.3 is 33.7 Å². The lowest BCUT2D eigenvalue weighted by atomic mass is 10.1. The molecular formula is C25H30N2O9. The molecule has 1 aliphatic heterocycles. The van der Waals surface area contributed by atoms with E-state index in [9.17, 15) is 14.4 Å². The minimum atomic E-state index is -0.985. The molecule has 0 spiro atoms. The number of hydrogen-bond donors (Lipinski definition) is 1. The van der Waals surface area contributed by atoms with Crippen LogP contribution in [0.3, 0.4) is 0 Å². The van der Waals surface area contributed by atoms with Crippen molar-refractivity contribution >= 4 is 17.8 Å². The molecular weight excluding hydrogens is 472 g/mol. The smallest absolute Gasteiger partial charge is 0.329 e. The average Bonchev–Trinajstić information content (AvgIpc) is 2.85. The first kappa shape index (κ1) is 26.7. The molecule has 0 radical (unpaired) electrons. The fourth-order valence-electron chi connectivity index (χ4n) is 3.50. The third-order valence-electron chi connectivity index (χ3n) is 5.17. The first-order chi connectivity index (χ1) is 17.4. The van der Waals surface area contributed by atoms with E-state index in [1.807, 2.05) is 30.3 Å². The number of cyclic esters (lactones) is 1. The number of para-hydroxylation sites is 1. The number of hydrogen-bond acceptors (Lipinski definition) is 10. The van der Waals surface area contributed by atoms with Gasteiger partial charge in [-0.2, -0.15) is 0 Å². The number of benzene rings is 1. The van der Waals surface area contributed by atoms with Gasteiger partial charge >= 0.3 is 11.9 Å². The van der Waals surface area contributed by atoms with Crippen LogP contribution in [0, 0.1) is 0 Å². The molecule has 11 heteroatoms. The van der Waals surface area contributed by atoms with Crippen LogP contribution in [0.15, 0.2) is 42.6 Å². The molecule has 2 heterocycles. The van der Waals surface area contributed by atoms with E-state index in [0.29, 0.717) is 18.8 Å². The molecule has 1 saturated heterocycles. The van der Waals surface area contributed by atoms with Crippen molar-refractivity contribution in [1.82, 2.24) is 10.3 Å². The molecule has 194 valence electrons. The predicted octanol–water partition coefficient (Wildman–Crippen LogP) is 2.28. The zero-order chi connectivity index (χ0) is 25.9. The number of amides is 1. The minimum Gasteiger partial charge on any atom is -0.493 e. The number of nitrogens with zero attached hydrogens (tertiary/aromatic N) is 1. The summed E-state index contributed by atoms with van der Waals surface area (Å²) in [5, 5.41) is 2.63. The van der Waals surface area contributed by atoms with Crippen molar-refractivity contribution in [3.8, 4) is 17.2 Å². The summed E-state index contributed by atoms with van der Waals surface area (Å²) in [5.41, 5.74) is -0.142. The van der Waals surface area contributed by atoms with Gasteiger partial charge in [-0.15, -0.1) is 0 Å². The Hall–Kier alpha value is -3.86. The Morgan fingerprint density at radius 3 is 2.69 bits per heavy atom. The largest absolute Gasteiger partial charge is 0.493 e. The lowest BCUT2D eigenvalue weighted by Gasteiger charge is -2.27. The van der Waals surface area contributed by atoms with Crippen LogP contribution >= 0.6 is 0 Å². The van der Waals surface area contributed by atoms with Gasteiger partial charge in [-0.05, 0) is 19.1 Å². The quantitative estimate of drug-likeness (QED) is 0.424. The van der Waals surface area contributed by atoms with Gasteiger partial charge in [0.2, 0.25) is 6.79 Å². The molecule has 2 aromatic rings. The maximum atomic E-state index is 13.0. The SMILES string of the molecule is COc1ccnc(C(=O)N[C@H]2CCOCC(Oc3ccccc3)CC(C)OC2=O)c1OCOC(C)=O. The molecule has 3 rings (SSSR count). The predicted molar refractivity (Wildman–Crippen MR) is 126 cm³/mol. The van der Waals surface area contributed by atoms with E-state index in [0.717, 1.165) is 0 Å². The number of pyridine rings is 1. The molecule has 1 aromatic heterocycles. The minimum absolute atomic E-state index is 0.0301. The van der Waals surface area contributed by atoms with Crippen LogP contribution in [0.25, 0.3) is 0 Å². The molecule has 0 aliphatic carbocycles. The number of rotatable bonds is 8. The second kappa shape index (κ2) is 13.3. The summed E-state index contributed by atoms with van der Waals surface area (Å²) in [5.74, 6) is -0.980. The highest BCUT2D eigenvalue weighted by atomic mass is 16.7. The first-order valence-corrected chi connectivity index (χ1v) is 11.5. The average molecular weight is 503 g/mol. The van der Waals surface area contributed by atoms with E-state index in [1.54, 1.807) is 6.92 Å². The summed E-state index contributed by atoms with van der Waals surface area (Å²) in [6.07, 6.45) is 1.15. The van der Waals surface area contributed by atoms with E-state index in [2.05, 4.69) is 10.3 Å². The Labute approximate surface area is 209 Å². The van der Waals surface area contributed by atoms with Crippen molar-refractivity contribution in [3.63, 3.8) is 0 Å². The fourth-order valence-corrected chi connectivity index (χ4v) is 3.50. The number of ether oxygens (including phenoxy) is 6. The second-order valence-corrected chi connectivity index (χ2v) is 8.01. The molecule has 2 unspecified atom stereocenters. The van der Waals surface area contributed by atoms with E-state index in [1.165, 1.54) is 26.3 Å². The molecule has 1 aromatic carbocycles. The number of methoxy groups -OCH3 is 1. The van der Waals surface area contributed by atoms with Crippen molar-refractivity contribution < 1.29 is 42.8 Å². The van der Waals surface area contributed by atoms with Gasteiger partial charge in [-0.1, -0.05) is 18.2 Å². The third-order valence-corrected chi connectivity index (χ3v) is 5.17. The number of carbonyl (C=O) groups excluding carboxylic acids is 3. The first-order valence-electron chi connectivity index (χ1n) is 11.5. The maximum absolute atomic E-state index is 13.0. The van der Waals surface area contributed by atoms with Crippen molar-refractivity contribution in [2.75, 3.05) is 27.1 Å². The monoisotopic (exact) mass is 502 g/mol. The molecule has 36 heavy (non-hydrogen) atoms. The lowest BCUT2D eigenvalue weighted by Crippen LogP contribution is -2.45. The van der Waals surface area contributed by atoms with Crippen molar-refractivity contribution in [2.45, 2.75) is 44.9 Å². The van der Waals surface area contributed by atoms with Crippen molar-refractivity contribution in [2.24, 2.45) is 0 Å². The Balaban J connectivity index is 1.66. The maximum Gasteiger partial charge on any atom is 0.329 e. The van der Waals surface area contributed by atoms with Crippen LogP contribution in [0.4, 0.5) is 0 Å². The summed E-state index contributed by atoms with van der Waals surface area (Å²) in [6, 6.07) is 9.83. The molecule has 0 bridgehead atoms. The topological polar surface area (TPSA) is 132 Å². The lowest BCUT2D eigenvalue weighted by molar-refractivity contribution is -0.153. The summed E-state index contributed by atoms with van der Waals surface area (Å²) in [6.45, 7) is 3.01. The van der Waals surface area contributed by atoms with Gasteiger partial charge in [0.1, 0.15) is 24.0 Å². The molecule has 1 fully saturated rings. The van der Waals surface area contributed by atoms with E-state index < -0.39 is 36.8 Å². The van der Waals surface area contributed by atoms with Gasteiger partial charge in [0, 0.05) is 38.6 Å². The van der Waals surface area contributed by atoms with E-state index in [-0.39, 0.29) is 36.3 Å². The molecule has 11 nitrogen and oxygen atoms in total. The summed E-state index contributed by atoms with van der Waals surface area (Å²) >= 11 is 0. The zero-order valence-corrected chi connectivity index (χ0v) is 20.4. The Morgan fingerprint density at radius 2 is 1.97 bits per heavy atom. The van der Waals surface area contributed by atoms with Crippen LogP contribution in [0.5, 0.6) is 17.2 Å². The van der Waals surface area contributed by atoms with E-state index >= 15 is 0 Å². The van der Waals surface area contributed by atoms with E-state index in [4.69, 9.17) is 28.4 Å². The fraction of sp³-hybridized carbons (Fsp3) is 0.440. The van der Waals surface area contributed by atoms with Gasteiger partial charge in [-0.25, -0.2) is 9.78 Å². The highest BCUT2D eigenvalue weighted by Gasteiger charge is 2.29. The number of aromatic nitrogens is 1. The molecule has 1 aliphatic rings. The Kier molecular flexibility index (Phi) is 9.87. The van der Waals surface area contributed by atoms with Gasteiger partial charge in [-0.3, -0.25) is 9.59 Å². The molecule has 3 atom stereocenters. The number of carbonyl (C=O) groups is 3. The van der Waals surface area contributed by atoms with Crippen LogP contribution in [-0.2, 0) is 23.8 Å². The third kappa shape index (κ3) is 7.84. The van der Waals surface area contributed by atoms with Crippen LogP contribution in [0.2, 0.25) is 0 Å². The summed E-state index contributed by atoms with van der Waals surface area (Å²) in [4.78, 5) is 41.0. The molecule has 1 amide bonds. The van der Waals surface area contributed by atoms with Crippen LogP contribution < -0.4 is 19.5 Å². The van der Waals surface area contributed by atoms with Gasteiger partial charge in [0.25, 0.3) is 5.91 Å². The number of nitrogens with one attached hydrogen (secondary N) is 1. The van der Waals surface area contributed by atoms with Crippen molar-refractivity contribution in [3.05, 3.63) is 48.3 Å². The van der Waals surface area contributed by atoms with Crippen LogP contribution in [0.1, 0.15) is 37.2 Å². The van der Waals surface area contributed by atoms with Gasteiger partial charge in [0.05, 0.1) is 13.7 Å². The Bertz CT molecular complexity index is 1030. The van der Waals surface area contributed by atoms with Crippen molar-refractivity contribution in [1.29, 1.82) is 0 Å². The van der Waals surface area contributed by atoms with Gasteiger partial charge in [0.15, 0.2) is 17.2 Å². The van der Waals surface area contributed by atoms with Crippen LogP contribution in [-0.4, -0.2) is 68.2 Å². The highest BCUT2D eigenvalue weighted by molar-refractivity contribution is 5.98. The number of esters is 2. The summed E-state index contributed by atoms with van der Waals surface area (Å²) in [7, 11) is 1.39. The molecule has 1 N–H and O–H groups in total. The Morgan fingerprint density at radius 1 is 1.19 bits per heavy atom. The highest BCUT2D eigenvalue weighted by Crippen LogP contribution is 2.29.